The highest BCUT2D eigenvalue weighted by Gasteiger charge is 2.32. The van der Waals surface area contributed by atoms with Gasteiger partial charge in [-0.05, 0) is 6.42 Å². The first-order valence-electron chi connectivity index (χ1n) is 4.74. The first-order chi connectivity index (χ1) is 7.04. The van der Waals surface area contributed by atoms with Crippen LogP contribution in [0.25, 0.3) is 0 Å². The van der Waals surface area contributed by atoms with E-state index in [2.05, 4.69) is 6.58 Å². The summed E-state index contributed by atoms with van der Waals surface area (Å²) < 4.78 is 5.01. The summed E-state index contributed by atoms with van der Waals surface area (Å²) in [5.41, 5.74) is 0. The van der Waals surface area contributed by atoms with E-state index >= 15 is 0 Å². The van der Waals surface area contributed by atoms with Crippen LogP contribution in [0.15, 0.2) is 12.7 Å². The number of rotatable bonds is 8. The van der Waals surface area contributed by atoms with E-state index < -0.39 is 24.0 Å². The predicted molar refractivity (Wildman–Crippen MR) is 53.6 cm³/mol. The van der Waals surface area contributed by atoms with Gasteiger partial charge < -0.3 is 14.9 Å². The molecule has 0 fully saturated rings. The summed E-state index contributed by atoms with van der Waals surface area (Å²) in [4.78, 5) is 21.5. The van der Waals surface area contributed by atoms with Crippen LogP contribution < -0.4 is 0 Å². The molecule has 0 aliphatic carbocycles. The maximum atomic E-state index is 10.8. The van der Waals surface area contributed by atoms with E-state index in [1.165, 1.54) is 0 Å². The Kier molecular flexibility index (Phi) is 6.37. The quantitative estimate of drug-likeness (QED) is 0.469. The number of unbranched alkanes of at least 4 members (excludes halogenated alkanes) is 1. The van der Waals surface area contributed by atoms with Gasteiger partial charge in [0.1, 0.15) is 5.92 Å². The number of carboxylic acid groups (broad SMARTS) is 2. The van der Waals surface area contributed by atoms with E-state index in [-0.39, 0.29) is 6.61 Å². The molecule has 2 atom stereocenters. The largest absolute Gasteiger partial charge is 0.481 e. The Balaban J connectivity index is 4.42. The van der Waals surface area contributed by atoms with Gasteiger partial charge in [0, 0.05) is 6.61 Å². The van der Waals surface area contributed by atoms with Crippen LogP contribution >= 0.6 is 0 Å². The predicted octanol–water partition coefficient (Wildman–Crippen LogP) is 1.14. The average Bonchev–Trinajstić information content (AvgIpc) is 2.16. The fourth-order valence-electron chi connectivity index (χ4n) is 1.04. The summed E-state index contributed by atoms with van der Waals surface area (Å²) in [6.07, 6.45) is 1.28. The van der Waals surface area contributed by atoms with E-state index in [9.17, 15) is 9.59 Å². The molecule has 0 spiro atoms. The Bertz CT molecular complexity index is 236. The number of carboxylic acids is 2. The maximum Gasteiger partial charge on any atom is 0.334 e. The zero-order valence-corrected chi connectivity index (χ0v) is 8.68. The minimum Gasteiger partial charge on any atom is -0.481 e. The molecule has 0 radical (unpaired) electrons. The first-order valence-corrected chi connectivity index (χ1v) is 4.74. The van der Waals surface area contributed by atoms with Gasteiger partial charge in [0.05, 0.1) is 0 Å². The second-order valence-corrected chi connectivity index (χ2v) is 3.08. The molecule has 0 aromatic carbocycles. The van der Waals surface area contributed by atoms with Gasteiger partial charge in [-0.2, -0.15) is 0 Å². The Hall–Kier alpha value is -1.36. The highest BCUT2D eigenvalue weighted by atomic mass is 16.5. The van der Waals surface area contributed by atoms with Crippen LogP contribution in [-0.2, 0) is 14.3 Å². The summed E-state index contributed by atoms with van der Waals surface area (Å²) in [7, 11) is 0. The van der Waals surface area contributed by atoms with Gasteiger partial charge in [-0.1, -0.05) is 19.4 Å². The van der Waals surface area contributed by atoms with Crippen molar-refractivity contribution >= 4 is 11.9 Å². The lowest BCUT2D eigenvalue weighted by Crippen LogP contribution is -2.36. The molecule has 2 unspecified atom stereocenters. The maximum absolute atomic E-state index is 10.8. The normalized spacial score (nSPS) is 14.2. The zero-order chi connectivity index (χ0) is 11.8. The third kappa shape index (κ3) is 4.60. The average molecular weight is 216 g/mol. The molecule has 86 valence electrons. The number of ether oxygens (including phenoxy) is 1. The van der Waals surface area contributed by atoms with Crippen molar-refractivity contribution in [3.63, 3.8) is 0 Å². The minimum absolute atomic E-state index is 0.241. The monoisotopic (exact) mass is 216 g/mol. The highest BCUT2D eigenvalue weighted by molar-refractivity contribution is 5.83. The van der Waals surface area contributed by atoms with Crippen LogP contribution in [0.3, 0.4) is 0 Å². The van der Waals surface area contributed by atoms with Crippen LogP contribution in [0, 0.1) is 5.92 Å². The molecule has 0 aromatic heterocycles. The molecule has 0 aliphatic heterocycles. The highest BCUT2D eigenvalue weighted by Crippen LogP contribution is 2.11. The van der Waals surface area contributed by atoms with Gasteiger partial charge in [-0.25, -0.2) is 4.79 Å². The zero-order valence-electron chi connectivity index (χ0n) is 8.68. The van der Waals surface area contributed by atoms with Crippen LogP contribution in [0.1, 0.15) is 19.8 Å². The van der Waals surface area contributed by atoms with E-state index in [1.807, 2.05) is 6.92 Å². The third-order valence-electron chi connectivity index (χ3n) is 1.90. The topological polar surface area (TPSA) is 83.8 Å². The summed E-state index contributed by atoms with van der Waals surface area (Å²) in [6, 6.07) is 0. The van der Waals surface area contributed by atoms with E-state index in [4.69, 9.17) is 14.9 Å². The lowest BCUT2D eigenvalue weighted by molar-refractivity contribution is -0.161. The van der Waals surface area contributed by atoms with Crippen molar-refractivity contribution in [1.82, 2.24) is 0 Å². The summed E-state index contributed by atoms with van der Waals surface area (Å²) in [5, 5.41) is 17.5. The lowest BCUT2D eigenvalue weighted by atomic mass is 10.0. The minimum atomic E-state index is -1.36. The molecule has 5 heteroatoms. The molecule has 0 saturated heterocycles. The van der Waals surface area contributed by atoms with Gasteiger partial charge in [0.2, 0.25) is 0 Å². The Morgan fingerprint density at radius 2 is 2.00 bits per heavy atom. The van der Waals surface area contributed by atoms with Crippen LogP contribution in [0.2, 0.25) is 0 Å². The van der Waals surface area contributed by atoms with Gasteiger partial charge in [-0.15, -0.1) is 6.58 Å². The molecule has 0 aromatic rings. The smallest absolute Gasteiger partial charge is 0.334 e. The Labute approximate surface area is 88.4 Å². The molecule has 5 nitrogen and oxygen atoms in total. The van der Waals surface area contributed by atoms with Crippen molar-refractivity contribution in [1.29, 1.82) is 0 Å². The van der Waals surface area contributed by atoms with E-state index in [0.29, 0.717) is 6.42 Å². The number of hydrogen-bond donors (Lipinski definition) is 2. The molecule has 0 aliphatic rings. The van der Waals surface area contributed by atoms with E-state index in [0.717, 1.165) is 12.5 Å². The Morgan fingerprint density at radius 3 is 2.33 bits per heavy atom. The van der Waals surface area contributed by atoms with E-state index in [1.54, 1.807) is 0 Å². The summed E-state index contributed by atoms with van der Waals surface area (Å²) >= 11 is 0. The molecule has 0 saturated carbocycles. The van der Waals surface area contributed by atoms with Gasteiger partial charge >= 0.3 is 11.9 Å². The molecule has 0 bridgehead atoms. The first kappa shape index (κ1) is 13.6. The number of carbonyl (C=O) groups is 2. The van der Waals surface area contributed by atoms with Crippen molar-refractivity contribution in [2.24, 2.45) is 5.92 Å². The van der Waals surface area contributed by atoms with Gasteiger partial charge in [0.25, 0.3) is 0 Å². The summed E-state index contributed by atoms with van der Waals surface area (Å²) in [6.45, 7) is 5.46. The Morgan fingerprint density at radius 1 is 1.40 bits per heavy atom. The van der Waals surface area contributed by atoms with Crippen molar-refractivity contribution in [2.75, 3.05) is 6.61 Å². The standard InChI is InChI=1S/C10H16O5/c1-3-5-6-15-8(10(13)14)7(4-2)9(11)12/h4,7-8H,2-3,5-6H2,1H3,(H,11,12)(H,13,14). The van der Waals surface area contributed by atoms with Crippen molar-refractivity contribution in [2.45, 2.75) is 25.9 Å². The molecular weight excluding hydrogens is 200 g/mol. The fourth-order valence-corrected chi connectivity index (χ4v) is 1.04. The third-order valence-corrected chi connectivity index (χ3v) is 1.90. The fraction of sp³-hybridized carbons (Fsp3) is 0.600. The van der Waals surface area contributed by atoms with Crippen LogP contribution in [-0.4, -0.2) is 34.9 Å². The molecule has 0 rings (SSSR count). The van der Waals surface area contributed by atoms with Crippen LogP contribution in [0.4, 0.5) is 0 Å². The second-order valence-electron chi connectivity index (χ2n) is 3.08. The van der Waals surface area contributed by atoms with Crippen molar-refractivity contribution in [3.05, 3.63) is 12.7 Å². The van der Waals surface area contributed by atoms with Gasteiger partial charge in [0.15, 0.2) is 6.10 Å². The molecule has 15 heavy (non-hydrogen) atoms. The number of aliphatic carboxylic acids is 2. The lowest BCUT2D eigenvalue weighted by Gasteiger charge is -2.17. The summed E-state index contributed by atoms with van der Waals surface area (Å²) in [5.74, 6) is -3.73. The SMILES string of the molecule is C=CC(C(=O)O)C(OCCCC)C(=O)O. The van der Waals surface area contributed by atoms with Gasteiger partial charge in [-0.3, -0.25) is 4.79 Å². The molecule has 0 amide bonds. The van der Waals surface area contributed by atoms with Crippen molar-refractivity contribution < 1.29 is 24.5 Å². The molecular formula is C10H16O5. The van der Waals surface area contributed by atoms with Crippen LogP contribution in [0.5, 0.6) is 0 Å². The molecule has 0 heterocycles. The van der Waals surface area contributed by atoms with Crippen molar-refractivity contribution in [3.8, 4) is 0 Å². The number of hydrogen-bond acceptors (Lipinski definition) is 3. The second kappa shape index (κ2) is 7.00. The molecule has 2 N–H and O–H groups in total.